The number of halogens is 1. The smallest absolute Gasteiger partial charge is 0.355 e. The number of carbonyl (C=O) groups is 2. The molecule has 1 aromatic heterocycles. The monoisotopic (exact) mass is 309 g/mol. The van der Waals surface area contributed by atoms with Crippen molar-refractivity contribution in [3.8, 4) is 0 Å². The first-order valence-corrected chi connectivity index (χ1v) is 6.81. The van der Waals surface area contributed by atoms with Crippen molar-refractivity contribution in [2.24, 2.45) is 5.73 Å². The van der Waals surface area contributed by atoms with Crippen molar-refractivity contribution in [2.45, 2.75) is 13.0 Å². The molecule has 0 aliphatic heterocycles. The number of rotatable bonds is 5. The fourth-order valence-electron chi connectivity index (χ4n) is 1.73. The Balaban J connectivity index is 2.24. The summed E-state index contributed by atoms with van der Waals surface area (Å²) in [5, 5.41) is 13.8. The maximum Gasteiger partial charge on any atom is 0.355 e. The maximum absolute atomic E-state index is 13.1. The van der Waals surface area contributed by atoms with Crippen LogP contribution in [0.3, 0.4) is 0 Å². The molecule has 6 nitrogen and oxygen atoms in total. The van der Waals surface area contributed by atoms with E-state index in [4.69, 9.17) is 10.8 Å². The van der Waals surface area contributed by atoms with E-state index in [1.54, 1.807) is 6.92 Å². The van der Waals surface area contributed by atoms with Gasteiger partial charge in [-0.25, -0.2) is 14.2 Å². The van der Waals surface area contributed by atoms with E-state index >= 15 is 0 Å². The predicted octanol–water partition coefficient (Wildman–Crippen LogP) is 2.25. The highest BCUT2D eigenvalue weighted by Crippen LogP contribution is 2.25. The Bertz CT molecular complexity index is 702. The van der Waals surface area contributed by atoms with Gasteiger partial charge in [-0.2, -0.15) is 0 Å². The normalized spacial score (nSPS) is 11.9. The van der Waals surface area contributed by atoms with E-state index in [2.05, 4.69) is 10.3 Å². The van der Waals surface area contributed by atoms with Crippen molar-refractivity contribution in [3.05, 3.63) is 45.7 Å². The van der Waals surface area contributed by atoms with Gasteiger partial charge in [0.15, 0.2) is 5.69 Å². The molecule has 1 heterocycles. The van der Waals surface area contributed by atoms with Crippen molar-refractivity contribution >= 4 is 28.9 Å². The number of aromatic carboxylic acids is 1. The van der Waals surface area contributed by atoms with Gasteiger partial charge in [0, 0.05) is 11.1 Å². The van der Waals surface area contributed by atoms with Gasteiger partial charge in [0.2, 0.25) is 0 Å². The van der Waals surface area contributed by atoms with Crippen molar-refractivity contribution in [3.63, 3.8) is 0 Å². The van der Waals surface area contributed by atoms with Crippen LogP contribution in [0.4, 0.5) is 10.1 Å². The molecular formula is C13H12FN3O3S. The number of aromatic nitrogens is 1. The minimum absolute atomic E-state index is 0.0249. The first kappa shape index (κ1) is 14.9. The molecule has 0 saturated carbocycles. The van der Waals surface area contributed by atoms with Crippen molar-refractivity contribution in [2.75, 3.05) is 5.32 Å². The second kappa shape index (κ2) is 5.88. The highest BCUT2D eigenvalue weighted by molar-refractivity contribution is 7.09. The Kier molecular flexibility index (Phi) is 4.18. The molecule has 1 unspecified atom stereocenters. The van der Waals surface area contributed by atoms with E-state index < -0.39 is 17.7 Å². The Morgan fingerprint density at radius 2 is 2.19 bits per heavy atom. The molecule has 0 saturated heterocycles. The maximum atomic E-state index is 13.1. The van der Waals surface area contributed by atoms with E-state index in [1.807, 2.05) is 0 Å². The summed E-state index contributed by atoms with van der Waals surface area (Å²) < 4.78 is 13.1. The van der Waals surface area contributed by atoms with Crippen molar-refractivity contribution in [1.82, 2.24) is 4.98 Å². The van der Waals surface area contributed by atoms with Crippen molar-refractivity contribution < 1.29 is 19.1 Å². The molecule has 1 aromatic carbocycles. The van der Waals surface area contributed by atoms with Gasteiger partial charge in [-0.15, -0.1) is 11.3 Å². The number of hydrogen-bond acceptors (Lipinski definition) is 5. The van der Waals surface area contributed by atoms with Crippen LogP contribution in [0.15, 0.2) is 23.6 Å². The molecular weight excluding hydrogens is 297 g/mol. The van der Waals surface area contributed by atoms with Gasteiger partial charge in [0.05, 0.1) is 11.6 Å². The molecule has 2 aromatic rings. The second-order valence-electron chi connectivity index (χ2n) is 4.30. The number of nitrogens with one attached hydrogen (secondary N) is 1. The number of thiazole rings is 1. The van der Waals surface area contributed by atoms with E-state index in [0.717, 1.165) is 6.07 Å². The molecule has 4 N–H and O–H groups in total. The minimum Gasteiger partial charge on any atom is -0.476 e. The number of amides is 1. The summed E-state index contributed by atoms with van der Waals surface area (Å²) in [6.45, 7) is 1.75. The molecule has 2 rings (SSSR count). The number of carboxylic acid groups (broad SMARTS) is 1. The summed E-state index contributed by atoms with van der Waals surface area (Å²) in [7, 11) is 0. The standard InChI is InChI=1S/C13H12FN3O3S/c1-6(12-17-10(5-21-12)13(19)20)16-9-3-2-7(14)4-8(9)11(15)18/h2-6,16H,1H3,(H2,15,18)(H,19,20). The fraction of sp³-hybridized carbons (Fsp3) is 0.154. The van der Waals surface area contributed by atoms with Gasteiger partial charge in [-0.05, 0) is 25.1 Å². The summed E-state index contributed by atoms with van der Waals surface area (Å²) in [5.41, 5.74) is 5.55. The topological polar surface area (TPSA) is 105 Å². The SMILES string of the molecule is CC(Nc1ccc(F)cc1C(N)=O)c1nc(C(=O)O)cs1. The third-order valence-electron chi connectivity index (χ3n) is 2.73. The number of anilines is 1. The highest BCUT2D eigenvalue weighted by Gasteiger charge is 2.16. The largest absolute Gasteiger partial charge is 0.476 e. The summed E-state index contributed by atoms with van der Waals surface area (Å²) in [5.74, 6) is -2.43. The number of carboxylic acids is 1. The second-order valence-corrected chi connectivity index (χ2v) is 5.19. The third-order valence-corrected chi connectivity index (χ3v) is 3.76. The Labute approximate surface area is 123 Å². The Morgan fingerprint density at radius 3 is 2.76 bits per heavy atom. The molecule has 110 valence electrons. The Morgan fingerprint density at radius 1 is 1.48 bits per heavy atom. The van der Waals surface area contributed by atoms with E-state index in [1.165, 1.54) is 28.8 Å². The van der Waals surface area contributed by atoms with Gasteiger partial charge >= 0.3 is 5.97 Å². The van der Waals surface area contributed by atoms with Crippen LogP contribution in [-0.2, 0) is 0 Å². The number of primary amides is 1. The lowest BCUT2D eigenvalue weighted by Gasteiger charge is -2.15. The number of carbonyl (C=O) groups excluding carboxylic acids is 1. The quantitative estimate of drug-likeness (QED) is 0.785. The zero-order valence-electron chi connectivity index (χ0n) is 11.0. The average Bonchev–Trinajstić information content (AvgIpc) is 2.90. The minimum atomic E-state index is -1.11. The molecule has 21 heavy (non-hydrogen) atoms. The van der Waals surface area contributed by atoms with Crippen LogP contribution >= 0.6 is 11.3 Å². The van der Waals surface area contributed by atoms with Gasteiger partial charge in [0.25, 0.3) is 5.91 Å². The first-order chi connectivity index (χ1) is 9.88. The summed E-state index contributed by atoms with van der Waals surface area (Å²) in [4.78, 5) is 26.1. The van der Waals surface area contributed by atoms with Crippen LogP contribution in [0, 0.1) is 5.82 Å². The van der Waals surface area contributed by atoms with E-state index in [9.17, 15) is 14.0 Å². The summed E-state index contributed by atoms with van der Waals surface area (Å²) in [6, 6.07) is 3.29. The fourth-order valence-corrected chi connectivity index (χ4v) is 2.53. The molecule has 0 aliphatic rings. The van der Waals surface area contributed by atoms with Crippen LogP contribution in [0.25, 0.3) is 0 Å². The molecule has 0 fully saturated rings. The molecule has 1 amide bonds. The summed E-state index contributed by atoms with van der Waals surface area (Å²) in [6.07, 6.45) is 0. The van der Waals surface area contributed by atoms with Gasteiger partial charge in [0.1, 0.15) is 10.8 Å². The van der Waals surface area contributed by atoms with Crippen LogP contribution in [0.5, 0.6) is 0 Å². The van der Waals surface area contributed by atoms with E-state index in [0.29, 0.717) is 10.7 Å². The molecule has 0 aliphatic carbocycles. The lowest BCUT2D eigenvalue weighted by Crippen LogP contribution is -2.16. The van der Waals surface area contributed by atoms with Gasteiger partial charge < -0.3 is 16.2 Å². The molecule has 0 bridgehead atoms. The third kappa shape index (κ3) is 3.34. The molecule has 0 spiro atoms. The summed E-state index contributed by atoms with van der Waals surface area (Å²) >= 11 is 1.18. The van der Waals surface area contributed by atoms with E-state index in [-0.39, 0.29) is 17.3 Å². The molecule has 0 radical (unpaired) electrons. The van der Waals surface area contributed by atoms with Gasteiger partial charge in [-0.1, -0.05) is 0 Å². The lowest BCUT2D eigenvalue weighted by atomic mass is 10.1. The van der Waals surface area contributed by atoms with Crippen LogP contribution in [0.1, 0.15) is 38.8 Å². The Hall–Kier alpha value is -2.48. The van der Waals surface area contributed by atoms with Crippen LogP contribution in [0.2, 0.25) is 0 Å². The van der Waals surface area contributed by atoms with Crippen molar-refractivity contribution in [1.29, 1.82) is 0 Å². The van der Waals surface area contributed by atoms with Gasteiger partial charge in [-0.3, -0.25) is 4.79 Å². The average molecular weight is 309 g/mol. The lowest BCUT2D eigenvalue weighted by molar-refractivity contribution is 0.0691. The highest BCUT2D eigenvalue weighted by atomic mass is 32.1. The first-order valence-electron chi connectivity index (χ1n) is 5.93. The van der Waals surface area contributed by atoms with Crippen LogP contribution < -0.4 is 11.1 Å². The number of benzene rings is 1. The van der Waals surface area contributed by atoms with Crippen LogP contribution in [-0.4, -0.2) is 22.0 Å². The number of hydrogen-bond donors (Lipinski definition) is 3. The molecule has 1 atom stereocenters. The predicted molar refractivity (Wildman–Crippen MR) is 76.0 cm³/mol. The zero-order valence-corrected chi connectivity index (χ0v) is 11.8. The molecule has 8 heteroatoms. The zero-order chi connectivity index (χ0) is 15.6. The number of nitrogens with zero attached hydrogens (tertiary/aromatic N) is 1. The number of nitrogens with two attached hydrogens (primary N) is 1.